The van der Waals surface area contributed by atoms with Crippen LogP contribution >= 0.6 is 0 Å². The number of carbonyl (C=O) groups excluding carboxylic acids is 1. The first-order valence-corrected chi connectivity index (χ1v) is 8.48. The van der Waals surface area contributed by atoms with Crippen molar-refractivity contribution in [3.05, 3.63) is 59.9 Å². The van der Waals surface area contributed by atoms with Crippen LogP contribution in [0.3, 0.4) is 0 Å². The Morgan fingerprint density at radius 2 is 2.04 bits per heavy atom. The normalized spacial score (nSPS) is 11.0. The lowest BCUT2D eigenvalue weighted by molar-refractivity contribution is 0.102. The van der Waals surface area contributed by atoms with E-state index in [2.05, 4.69) is 20.4 Å². The van der Waals surface area contributed by atoms with Gasteiger partial charge in [-0.15, -0.1) is 0 Å². The fourth-order valence-electron chi connectivity index (χ4n) is 2.82. The van der Waals surface area contributed by atoms with Crippen LogP contribution in [0.25, 0.3) is 17.0 Å². The minimum absolute atomic E-state index is 0.255. The number of aryl methyl sites for hydroxylation is 2. The van der Waals surface area contributed by atoms with Crippen LogP contribution < -0.4 is 10.8 Å². The Morgan fingerprint density at radius 3 is 2.75 bits per heavy atom. The van der Waals surface area contributed by atoms with E-state index in [1.165, 1.54) is 22.9 Å². The summed E-state index contributed by atoms with van der Waals surface area (Å²) in [5.74, 6) is 0.500. The molecule has 0 aliphatic carbocycles. The standard InChI is InChI=1S/C18H16BN5O4/c1-10-3-4-12(17-21-11(2)28-23-17)7-14(10)22-18(25)15-8-20-16-6-5-13(19(26)27)9-24(15)16/h3-9,26-27H,1-2H3,(H,22,25). The molecule has 0 aliphatic heterocycles. The first-order valence-electron chi connectivity index (χ1n) is 8.48. The second-order valence-electron chi connectivity index (χ2n) is 6.33. The van der Waals surface area contributed by atoms with Crippen LogP contribution in [0.4, 0.5) is 5.69 Å². The van der Waals surface area contributed by atoms with Crippen molar-refractivity contribution in [2.75, 3.05) is 5.32 Å². The zero-order valence-electron chi connectivity index (χ0n) is 15.1. The molecule has 0 spiro atoms. The highest BCUT2D eigenvalue weighted by molar-refractivity contribution is 6.58. The predicted octanol–water partition coefficient (Wildman–Crippen LogP) is 0.933. The van der Waals surface area contributed by atoms with Crippen molar-refractivity contribution in [2.24, 2.45) is 0 Å². The van der Waals surface area contributed by atoms with E-state index in [0.717, 1.165) is 5.56 Å². The Labute approximate surface area is 159 Å². The number of hydrogen-bond acceptors (Lipinski definition) is 7. The number of anilines is 1. The van der Waals surface area contributed by atoms with Gasteiger partial charge in [-0.05, 0) is 30.1 Å². The molecule has 0 saturated heterocycles. The van der Waals surface area contributed by atoms with E-state index in [0.29, 0.717) is 28.6 Å². The third kappa shape index (κ3) is 3.26. The van der Waals surface area contributed by atoms with Gasteiger partial charge in [0.2, 0.25) is 11.7 Å². The van der Waals surface area contributed by atoms with E-state index in [-0.39, 0.29) is 17.1 Å². The number of nitrogens with one attached hydrogen (secondary N) is 1. The highest BCUT2D eigenvalue weighted by atomic mass is 16.5. The van der Waals surface area contributed by atoms with E-state index in [1.54, 1.807) is 19.1 Å². The summed E-state index contributed by atoms with van der Waals surface area (Å²) < 4.78 is 6.51. The summed E-state index contributed by atoms with van der Waals surface area (Å²) in [5, 5.41) is 25.5. The average Bonchev–Trinajstić information content (AvgIpc) is 3.29. The Kier molecular flexibility index (Phi) is 4.42. The Balaban J connectivity index is 1.67. The van der Waals surface area contributed by atoms with Gasteiger partial charge >= 0.3 is 7.12 Å². The van der Waals surface area contributed by atoms with Crippen molar-refractivity contribution in [1.82, 2.24) is 19.5 Å². The molecule has 0 radical (unpaired) electrons. The van der Waals surface area contributed by atoms with E-state index in [1.807, 2.05) is 19.1 Å². The topological polar surface area (TPSA) is 126 Å². The van der Waals surface area contributed by atoms with Crippen molar-refractivity contribution in [3.8, 4) is 11.4 Å². The second-order valence-corrected chi connectivity index (χ2v) is 6.33. The lowest BCUT2D eigenvalue weighted by Crippen LogP contribution is -2.30. The number of nitrogens with zero attached hydrogens (tertiary/aromatic N) is 4. The molecule has 3 heterocycles. The first-order chi connectivity index (χ1) is 13.4. The van der Waals surface area contributed by atoms with Gasteiger partial charge in [0.1, 0.15) is 11.3 Å². The lowest BCUT2D eigenvalue weighted by atomic mass is 9.82. The maximum atomic E-state index is 12.8. The average molecular weight is 377 g/mol. The van der Waals surface area contributed by atoms with Crippen molar-refractivity contribution in [2.45, 2.75) is 13.8 Å². The molecule has 1 aromatic carbocycles. The monoisotopic (exact) mass is 377 g/mol. The first kappa shape index (κ1) is 17.9. The van der Waals surface area contributed by atoms with E-state index in [4.69, 9.17) is 4.52 Å². The summed E-state index contributed by atoms with van der Waals surface area (Å²) in [5.41, 5.74) is 3.20. The summed E-state index contributed by atoms with van der Waals surface area (Å²) >= 11 is 0. The number of fused-ring (bicyclic) bond motifs is 1. The largest absolute Gasteiger partial charge is 0.489 e. The number of pyridine rings is 1. The summed E-state index contributed by atoms with van der Waals surface area (Å²) in [4.78, 5) is 21.2. The molecule has 3 N–H and O–H groups in total. The van der Waals surface area contributed by atoms with Gasteiger partial charge in [-0.3, -0.25) is 9.20 Å². The maximum absolute atomic E-state index is 12.8. The molecule has 10 heteroatoms. The van der Waals surface area contributed by atoms with Gasteiger partial charge in [-0.25, -0.2) is 4.98 Å². The maximum Gasteiger partial charge on any atom is 0.489 e. The van der Waals surface area contributed by atoms with Crippen LogP contribution in [0, 0.1) is 13.8 Å². The highest BCUT2D eigenvalue weighted by Crippen LogP contribution is 2.24. The van der Waals surface area contributed by atoms with E-state index in [9.17, 15) is 14.8 Å². The number of aromatic nitrogens is 4. The van der Waals surface area contributed by atoms with Crippen LogP contribution in [-0.4, -0.2) is 42.6 Å². The van der Waals surface area contributed by atoms with Gasteiger partial charge in [0, 0.05) is 24.4 Å². The van der Waals surface area contributed by atoms with E-state index < -0.39 is 7.12 Å². The number of amides is 1. The summed E-state index contributed by atoms with van der Waals surface area (Å²) in [6, 6.07) is 8.61. The number of imidazole rings is 1. The van der Waals surface area contributed by atoms with Crippen LogP contribution in [0.2, 0.25) is 0 Å². The highest BCUT2D eigenvalue weighted by Gasteiger charge is 2.17. The van der Waals surface area contributed by atoms with Gasteiger partial charge < -0.3 is 19.9 Å². The molecule has 0 fully saturated rings. The molecule has 1 amide bonds. The molecule has 4 aromatic rings. The molecule has 0 saturated carbocycles. The third-order valence-corrected chi connectivity index (χ3v) is 4.33. The summed E-state index contributed by atoms with van der Waals surface area (Å²) in [6.07, 6.45) is 2.90. The van der Waals surface area contributed by atoms with Gasteiger partial charge in [0.15, 0.2) is 0 Å². The zero-order chi connectivity index (χ0) is 19.8. The van der Waals surface area contributed by atoms with Crippen LogP contribution in [0.5, 0.6) is 0 Å². The van der Waals surface area contributed by atoms with E-state index >= 15 is 0 Å². The molecular formula is C18H16BN5O4. The minimum Gasteiger partial charge on any atom is -0.423 e. The van der Waals surface area contributed by atoms with Crippen LogP contribution in [-0.2, 0) is 0 Å². The Hall–Kier alpha value is -3.50. The van der Waals surface area contributed by atoms with Crippen LogP contribution in [0.1, 0.15) is 21.9 Å². The Morgan fingerprint density at radius 1 is 1.21 bits per heavy atom. The lowest BCUT2D eigenvalue weighted by Gasteiger charge is -2.10. The summed E-state index contributed by atoms with van der Waals surface area (Å²) in [6.45, 7) is 3.57. The second kappa shape index (κ2) is 6.91. The number of benzene rings is 1. The zero-order valence-corrected chi connectivity index (χ0v) is 15.1. The van der Waals surface area contributed by atoms with Gasteiger partial charge in [0.05, 0.1) is 6.20 Å². The molecule has 0 bridgehead atoms. The molecule has 0 aliphatic rings. The number of rotatable bonds is 4. The number of hydrogen-bond donors (Lipinski definition) is 3. The molecule has 3 aromatic heterocycles. The fraction of sp³-hybridized carbons (Fsp3) is 0.111. The van der Waals surface area contributed by atoms with Gasteiger partial charge in [-0.1, -0.05) is 23.4 Å². The number of carbonyl (C=O) groups is 1. The fourth-order valence-corrected chi connectivity index (χ4v) is 2.82. The van der Waals surface area contributed by atoms with Crippen molar-refractivity contribution in [1.29, 1.82) is 0 Å². The van der Waals surface area contributed by atoms with Crippen molar-refractivity contribution >= 4 is 29.8 Å². The molecule has 140 valence electrons. The predicted molar refractivity (Wildman–Crippen MR) is 102 cm³/mol. The Bertz CT molecular complexity index is 1180. The van der Waals surface area contributed by atoms with Gasteiger partial charge in [-0.2, -0.15) is 4.98 Å². The van der Waals surface area contributed by atoms with Gasteiger partial charge in [0.25, 0.3) is 5.91 Å². The third-order valence-electron chi connectivity index (χ3n) is 4.33. The van der Waals surface area contributed by atoms with Crippen LogP contribution in [0.15, 0.2) is 47.2 Å². The molecular weight excluding hydrogens is 361 g/mol. The minimum atomic E-state index is -1.64. The smallest absolute Gasteiger partial charge is 0.423 e. The quantitative estimate of drug-likeness (QED) is 0.452. The molecule has 0 atom stereocenters. The molecule has 4 rings (SSSR count). The summed E-state index contributed by atoms with van der Waals surface area (Å²) in [7, 11) is -1.64. The molecule has 9 nitrogen and oxygen atoms in total. The molecule has 0 unspecified atom stereocenters. The van der Waals surface area contributed by atoms with Crippen molar-refractivity contribution < 1.29 is 19.4 Å². The SMILES string of the molecule is Cc1nc(-c2ccc(C)c(NC(=O)c3cnc4ccc(B(O)O)cn34)c2)no1. The van der Waals surface area contributed by atoms with Crippen molar-refractivity contribution in [3.63, 3.8) is 0 Å². The molecule has 28 heavy (non-hydrogen) atoms.